The van der Waals surface area contributed by atoms with Crippen LogP contribution in [0.25, 0.3) is 11.4 Å². The van der Waals surface area contributed by atoms with Crippen molar-refractivity contribution >= 4 is 5.97 Å². The van der Waals surface area contributed by atoms with Gasteiger partial charge < -0.3 is 15.2 Å². The molecule has 6 heteroatoms. The highest BCUT2D eigenvalue weighted by Crippen LogP contribution is 2.41. The van der Waals surface area contributed by atoms with E-state index < -0.39 is 22.8 Å². The van der Waals surface area contributed by atoms with E-state index in [1.807, 2.05) is 26.0 Å². The van der Waals surface area contributed by atoms with Crippen LogP contribution < -0.4 is 5.56 Å². The van der Waals surface area contributed by atoms with Crippen LogP contribution in [0.5, 0.6) is 5.75 Å². The molecule has 0 fully saturated rings. The minimum Gasteiger partial charge on any atom is -0.506 e. The van der Waals surface area contributed by atoms with E-state index >= 15 is 0 Å². The van der Waals surface area contributed by atoms with Crippen molar-refractivity contribution < 1.29 is 15.0 Å². The summed E-state index contributed by atoms with van der Waals surface area (Å²) in [7, 11) is 0. The van der Waals surface area contributed by atoms with Crippen LogP contribution in [0.1, 0.15) is 40.0 Å². The number of nitrogens with zero attached hydrogens (tertiary/aromatic N) is 1. The van der Waals surface area contributed by atoms with Crippen LogP contribution in [0.2, 0.25) is 0 Å². The summed E-state index contributed by atoms with van der Waals surface area (Å²) in [6.07, 6.45) is 0.633. The number of H-pyrrole nitrogens is 1. The zero-order valence-electron chi connectivity index (χ0n) is 11.6. The van der Waals surface area contributed by atoms with E-state index in [2.05, 4.69) is 9.97 Å². The first-order valence-electron chi connectivity index (χ1n) is 6.59. The standard InChI is InChI=1S/C15H14N2O4/c1-6-5-8-4-3-7(2)16-11(8)12-9(6)13(18)10(15(20)21)14(19)17-12/h3-4,6H,5H2,1-2H3,(H,20,21)(H2,17,18,19). The van der Waals surface area contributed by atoms with Crippen molar-refractivity contribution in [1.29, 1.82) is 0 Å². The van der Waals surface area contributed by atoms with Gasteiger partial charge in [0.1, 0.15) is 5.75 Å². The van der Waals surface area contributed by atoms with Crippen molar-refractivity contribution in [3.8, 4) is 17.1 Å². The molecule has 0 bridgehead atoms. The fourth-order valence-electron chi connectivity index (χ4n) is 2.87. The number of hydrogen-bond donors (Lipinski definition) is 3. The van der Waals surface area contributed by atoms with Crippen molar-refractivity contribution in [2.75, 3.05) is 0 Å². The van der Waals surface area contributed by atoms with Crippen molar-refractivity contribution in [3.05, 3.63) is 44.9 Å². The molecule has 6 nitrogen and oxygen atoms in total. The molecule has 3 rings (SSSR count). The maximum absolute atomic E-state index is 11.9. The summed E-state index contributed by atoms with van der Waals surface area (Å²) >= 11 is 0. The number of carbonyl (C=O) groups is 1. The number of fused-ring (bicyclic) bond motifs is 3. The number of aromatic amines is 1. The summed E-state index contributed by atoms with van der Waals surface area (Å²) in [5.74, 6) is -2.00. The largest absolute Gasteiger partial charge is 0.506 e. The second kappa shape index (κ2) is 4.44. The number of pyridine rings is 2. The van der Waals surface area contributed by atoms with Gasteiger partial charge >= 0.3 is 5.97 Å². The molecule has 3 N–H and O–H groups in total. The van der Waals surface area contributed by atoms with E-state index in [0.717, 1.165) is 11.3 Å². The van der Waals surface area contributed by atoms with Gasteiger partial charge in [-0.1, -0.05) is 13.0 Å². The van der Waals surface area contributed by atoms with Gasteiger partial charge in [0, 0.05) is 11.3 Å². The van der Waals surface area contributed by atoms with Gasteiger partial charge in [0.25, 0.3) is 5.56 Å². The molecule has 1 unspecified atom stereocenters. The van der Waals surface area contributed by atoms with E-state index in [9.17, 15) is 14.7 Å². The Bertz CT molecular complexity index is 823. The number of aromatic hydroxyl groups is 1. The molecule has 2 aromatic rings. The van der Waals surface area contributed by atoms with Crippen molar-refractivity contribution in [2.24, 2.45) is 0 Å². The molecule has 0 amide bonds. The lowest BCUT2D eigenvalue weighted by atomic mass is 9.83. The van der Waals surface area contributed by atoms with Gasteiger partial charge in [-0.3, -0.25) is 9.78 Å². The smallest absolute Gasteiger partial charge is 0.345 e. The Kier molecular flexibility index (Phi) is 2.83. The van der Waals surface area contributed by atoms with Crippen LogP contribution in [0, 0.1) is 6.92 Å². The number of carboxylic acid groups (broad SMARTS) is 1. The lowest BCUT2D eigenvalue weighted by Crippen LogP contribution is -2.23. The van der Waals surface area contributed by atoms with Crippen LogP contribution in [0.4, 0.5) is 0 Å². The maximum atomic E-state index is 11.9. The van der Waals surface area contributed by atoms with Gasteiger partial charge in [-0.25, -0.2) is 4.79 Å². The molecule has 0 spiro atoms. The van der Waals surface area contributed by atoms with Crippen molar-refractivity contribution in [3.63, 3.8) is 0 Å². The Labute approximate surface area is 120 Å². The van der Waals surface area contributed by atoms with Crippen LogP contribution >= 0.6 is 0 Å². The van der Waals surface area contributed by atoms with Gasteiger partial charge in [0.2, 0.25) is 0 Å². The van der Waals surface area contributed by atoms with Gasteiger partial charge in [-0.15, -0.1) is 0 Å². The third-order valence-corrected chi connectivity index (χ3v) is 3.81. The molecule has 21 heavy (non-hydrogen) atoms. The molecule has 1 aliphatic carbocycles. The lowest BCUT2D eigenvalue weighted by molar-refractivity contribution is 0.0691. The highest BCUT2D eigenvalue weighted by Gasteiger charge is 2.31. The Balaban J connectivity index is 2.39. The predicted octanol–water partition coefficient (Wildman–Crippen LogP) is 1.81. The highest BCUT2D eigenvalue weighted by atomic mass is 16.4. The van der Waals surface area contributed by atoms with E-state index in [0.29, 0.717) is 23.4 Å². The fraction of sp³-hybridized carbons (Fsp3) is 0.267. The summed E-state index contributed by atoms with van der Waals surface area (Å²) in [6.45, 7) is 3.72. The quantitative estimate of drug-likeness (QED) is 0.741. The van der Waals surface area contributed by atoms with Crippen LogP contribution in [0.15, 0.2) is 16.9 Å². The molecule has 1 atom stereocenters. The van der Waals surface area contributed by atoms with E-state index in [-0.39, 0.29) is 5.92 Å². The van der Waals surface area contributed by atoms with Gasteiger partial charge in [0.05, 0.1) is 11.4 Å². The minimum atomic E-state index is -1.44. The first-order chi connectivity index (χ1) is 9.90. The summed E-state index contributed by atoms with van der Waals surface area (Å²) < 4.78 is 0. The molecule has 1 aliphatic rings. The molecule has 2 aromatic heterocycles. The van der Waals surface area contributed by atoms with Gasteiger partial charge in [-0.2, -0.15) is 0 Å². The second-order valence-corrected chi connectivity index (χ2v) is 5.34. The zero-order valence-corrected chi connectivity index (χ0v) is 11.6. The van der Waals surface area contributed by atoms with E-state index in [4.69, 9.17) is 5.11 Å². The Morgan fingerprint density at radius 2 is 2.14 bits per heavy atom. The molecule has 108 valence electrons. The Hall–Kier alpha value is -2.63. The van der Waals surface area contributed by atoms with Gasteiger partial charge in [-0.05, 0) is 30.9 Å². The number of nitrogens with one attached hydrogen (secondary N) is 1. The Morgan fingerprint density at radius 1 is 1.43 bits per heavy atom. The molecule has 0 radical (unpaired) electrons. The second-order valence-electron chi connectivity index (χ2n) is 5.34. The molecule has 0 aliphatic heterocycles. The Morgan fingerprint density at radius 3 is 2.81 bits per heavy atom. The van der Waals surface area contributed by atoms with Gasteiger partial charge in [0.15, 0.2) is 5.56 Å². The van der Waals surface area contributed by atoms with Crippen molar-refractivity contribution in [2.45, 2.75) is 26.2 Å². The monoisotopic (exact) mass is 286 g/mol. The highest BCUT2D eigenvalue weighted by molar-refractivity contribution is 5.92. The van der Waals surface area contributed by atoms with Crippen LogP contribution in [-0.2, 0) is 6.42 Å². The first kappa shape index (κ1) is 13.4. The normalized spacial score (nSPS) is 16.2. The minimum absolute atomic E-state index is 0.105. The SMILES string of the molecule is Cc1ccc2c(n1)-c1[nH]c(=O)c(C(=O)O)c(O)c1C(C)C2. The average molecular weight is 286 g/mol. The third kappa shape index (κ3) is 1.91. The maximum Gasteiger partial charge on any atom is 0.345 e. The topological polar surface area (TPSA) is 103 Å². The summed E-state index contributed by atoms with van der Waals surface area (Å²) in [4.78, 5) is 30.1. The van der Waals surface area contributed by atoms with E-state index in [1.165, 1.54) is 0 Å². The molecular formula is C15H14N2O4. The number of hydrogen-bond acceptors (Lipinski definition) is 4. The summed E-state index contributed by atoms with van der Waals surface area (Å²) in [5, 5.41) is 19.3. The molecule has 2 heterocycles. The van der Waals surface area contributed by atoms with Crippen LogP contribution in [0.3, 0.4) is 0 Å². The lowest BCUT2D eigenvalue weighted by Gasteiger charge is -2.25. The molecule has 0 saturated heterocycles. The molecular weight excluding hydrogens is 272 g/mol. The number of aromatic carboxylic acids is 1. The third-order valence-electron chi connectivity index (χ3n) is 3.81. The predicted molar refractivity (Wildman–Crippen MR) is 75.8 cm³/mol. The average Bonchev–Trinajstić information content (AvgIpc) is 2.38. The van der Waals surface area contributed by atoms with E-state index in [1.54, 1.807) is 0 Å². The molecule has 0 saturated carbocycles. The summed E-state index contributed by atoms with van der Waals surface area (Å²) in [6, 6.07) is 3.83. The number of aryl methyl sites for hydroxylation is 1. The zero-order chi connectivity index (χ0) is 15.3. The number of aromatic nitrogens is 2. The van der Waals surface area contributed by atoms with Crippen molar-refractivity contribution in [1.82, 2.24) is 9.97 Å². The summed E-state index contributed by atoms with van der Waals surface area (Å²) in [5.41, 5.74) is 1.79. The number of rotatable bonds is 1. The van der Waals surface area contributed by atoms with Crippen LogP contribution in [-0.4, -0.2) is 26.2 Å². The number of carboxylic acids is 1. The fourth-order valence-corrected chi connectivity index (χ4v) is 2.87. The molecule has 0 aromatic carbocycles. The first-order valence-corrected chi connectivity index (χ1v) is 6.59.